The number of rotatable bonds is 7. The zero-order valence-electron chi connectivity index (χ0n) is 14.8. The minimum Gasteiger partial charge on any atom is -0.326 e. The molecule has 0 bridgehead atoms. The fraction of sp³-hybridized carbons (Fsp3) is 0.409. The molecular weight excluding hydrogens is 308 g/mol. The van der Waals surface area contributed by atoms with Gasteiger partial charge in [-0.05, 0) is 43.5 Å². The van der Waals surface area contributed by atoms with Gasteiger partial charge in [0.25, 0.3) is 0 Å². The summed E-state index contributed by atoms with van der Waals surface area (Å²) in [6.45, 7) is 2.87. The lowest BCUT2D eigenvalue weighted by molar-refractivity contribution is -0.123. The molecule has 2 N–H and O–H groups in total. The normalized spacial score (nSPS) is 17.3. The Bertz CT molecular complexity index is 648. The van der Waals surface area contributed by atoms with Crippen LogP contribution in [-0.4, -0.2) is 36.4 Å². The van der Waals surface area contributed by atoms with Crippen molar-refractivity contribution in [3.8, 4) is 0 Å². The summed E-state index contributed by atoms with van der Waals surface area (Å²) in [5, 5.41) is 0. The molecule has 1 fully saturated rings. The highest BCUT2D eigenvalue weighted by molar-refractivity contribution is 5.83. The molecule has 1 heterocycles. The van der Waals surface area contributed by atoms with Gasteiger partial charge in [-0.1, -0.05) is 60.7 Å². The van der Waals surface area contributed by atoms with Gasteiger partial charge in [-0.3, -0.25) is 4.79 Å². The Morgan fingerprint density at radius 2 is 1.52 bits per heavy atom. The minimum absolute atomic E-state index is 0.152. The van der Waals surface area contributed by atoms with Crippen molar-refractivity contribution in [2.75, 3.05) is 19.6 Å². The van der Waals surface area contributed by atoms with E-state index in [1.54, 1.807) is 0 Å². The number of benzene rings is 2. The Morgan fingerprint density at radius 1 is 0.960 bits per heavy atom. The Labute approximate surface area is 150 Å². The van der Waals surface area contributed by atoms with E-state index in [2.05, 4.69) is 29.2 Å². The van der Waals surface area contributed by atoms with Crippen LogP contribution in [0.3, 0.4) is 0 Å². The summed E-state index contributed by atoms with van der Waals surface area (Å²) in [4.78, 5) is 14.9. The summed E-state index contributed by atoms with van der Waals surface area (Å²) < 4.78 is 0. The summed E-state index contributed by atoms with van der Waals surface area (Å²) >= 11 is 0. The molecule has 1 saturated heterocycles. The number of nitrogens with two attached hydrogens (primary N) is 1. The summed E-state index contributed by atoms with van der Waals surface area (Å²) in [6.07, 6.45) is 3.40. The summed E-state index contributed by atoms with van der Waals surface area (Å²) in [7, 11) is 0. The number of Topliss-reactive ketones (excluding diaryl/α,β-unsaturated/α-hetero) is 1. The third-order valence-corrected chi connectivity index (χ3v) is 5.10. The molecule has 1 aliphatic rings. The number of carbonyl (C=O) groups is 1. The van der Waals surface area contributed by atoms with E-state index in [4.69, 9.17) is 5.73 Å². The highest BCUT2D eigenvalue weighted by atomic mass is 16.1. The van der Waals surface area contributed by atoms with Crippen molar-refractivity contribution in [2.45, 2.75) is 31.7 Å². The molecule has 0 aromatic heterocycles. The number of likely N-dealkylation sites (tertiary alicyclic amines) is 1. The molecular formula is C22H28N2O. The molecule has 0 unspecified atom stereocenters. The number of piperidine rings is 1. The average Bonchev–Trinajstić information content (AvgIpc) is 2.64. The van der Waals surface area contributed by atoms with Crippen molar-refractivity contribution >= 4 is 5.78 Å². The highest BCUT2D eigenvalue weighted by Crippen LogP contribution is 2.20. The van der Waals surface area contributed by atoms with Gasteiger partial charge in [-0.25, -0.2) is 0 Å². The van der Waals surface area contributed by atoms with Gasteiger partial charge in [0.05, 0.1) is 0 Å². The molecule has 25 heavy (non-hydrogen) atoms. The molecule has 0 spiro atoms. The summed E-state index contributed by atoms with van der Waals surface area (Å²) in [5.41, 5.74) is 8.74. The monoisotopic (exact) mass is 336 g/mol. The Kier molecular flexibility index (Phi) is 6.37. The van der Waals surface area contributed by atoms with Gasteiger partial charge in [0, 0.05) is 24.9 Å². The maximum absolute atomic E-state index is 12.5. The maximum Gasteiger partial charge on any atom is 0.140 e. The first kappa shape index (κ1) is 17.8. The summed E-state index contributed by atoms with van der Waals surface area (Å²) in [5.74, 6) is 0.598. The maximum atomic E-state index is 12.5. The smallest absolute Gasteiger partial charge is 0.140 e. The molecule has 1 aliphatic heterocycles. The predicted octanol–water partition coefficient (Wildman–Crippen LogP) is 3.08. The van der Waals surface area contributed by atoms with Crippen LogP contribution in [-0.2, 0) is 17.6 Å². The quantitative estimate of drug-likeness (QED) is 0.845. The fourth-order valence-corrected chi connectivity index (χ4v) is 3.69. The Balaban J connectivity index is 1.41. The van der Waals surface area contributed by atoms with Gasteiger partial charge in [0.2, 0.25) is 0 Å². The third-order valence-electron chi connectivity index (χ3n) is 5.10. The molecule has 2 aromatic carbocycles. The lowest BCUT2D eigenvalue weighted by Crippen LogP contribution is -2.44. The standard InChI is InChI=1S/C22H28N2O/c23-21(15-18-7-3-1-4-8-18)17-24-13-11-20(12-14-24)22(25)16-19-9-5-2-6-10-19/h1-10,20-21H,11-17,23H2/t21-/m0/s1. The average molecular weight is 336 g/mol. The van der Waals surface area contributed by atoms with Gasteiger partial charge < -0.3 is 10.6 Å². The fourth-order valence-electron chi connectivity index (χ4n) is 3.69. The van der Waals surface area contributed by atoms with Crippen LogP contribution >= 0.6 is 0 Å². The lowest BCUT2D eigenvalue weighted by Gasteiger charge is -2.33. The van der Waals surface area contributed by atoms with Gasteiger partial charge >= 0.3 is 0 Å². The molecule has 2 aromatic rings. The predicted molar refractivity (Wildman–Crippen MR) is 102 cm³/mol. The number of carbonyl (C=O) groups excluding carboxylic acids is 1. The summed E-state index contributed by atoms with van der Waals surface area (Å²) in [6, 6.07) is 20.6. The third kappa shape index (κ3) is 5.52. The second-order valence-corrected chi connectivity index (χ2v) is 7.15. The SMILES string of the molecule is N[C@@H](Cc1ccccc1)CN1CCC(C(=O)Cc2ccccc2)CC1. The molecule has 3 heteroatoms. The van der Waals surface area contributed by atoms with Gasteiger partial charge in [-0.2, -0.15) is 0 Å². The van der Waals surface area contributed by atoms with Crippen LogP contribution < -0.4 is 5.73 Å². The molecule has 0 saturated carbocycles. The van der Waals surface area contributed by atoms with E-state index in [1.165, 1.54) is 5.56 Å². The van der Waals surface area contributed by atoms with E-state index in [1.807, 2.05) is 36.4 Å². The highest BCUT2D eigenvalue weighted by Gasteiger charge is 2.25. The first-order valence-corrected chi connectivity index (χ1v) is 9.29. The van der Waals surface area contributed by atoms with E-state index < -0.39 is 0 Å². The molecule has 3 nitrogen and oxygen atoms in total. The Hall–Kier alpha value is -1.97. The van der Waals surface area contributed by atoms with Crippen molar-refractivity contribution in [1.82, 2.24) is 4.90 Å². The molecule has 3 rings (SSSR count). The van der Waals surface area contributed by atoms with Crippen LogP contribution in [0.5, 0.6) is 0 Å². The van der Waals surface area contributed by atoms with E-state index in [0.29, 0.717) is 12.2 Å². The largest absolute Gasteiger partial charge is 0.326 e. The van der Waals surface area contributed by atoms with Crippen LogP contribution in [0.15, 0.2) is 60.7 Å². The molecule has 132 valence electrons. The van der Waals surface area contributed by atoms with Crippen LogP contribution in [0.4, 0.5) is 0 Å². The van der Waals surface area contributed by atoms with Crippen molar-refractivity contribution in [3.05, 3.63) is 71.8 Å². The lowest BCUT2D eigenvalue weighted by atomic mass is 9.89. The van der Waals surface area contributed by atoms with Crippen LogP contribution in [0.25, 0.3) is 0 Å². The van der Waals surface area contributed by atoms with Crippen LogP contribution in [0.2, 0.25) is 0 Å². The van der Waals surface area contributed by atoms with E-state index >= 15 is 0 Å². The van der Waals surface area contributed by atoms with E-state index in [-0.39, 0.29) is 12.0 Å². The number of hydrogen-bond donors (Lipinski definition) is 1. The van der Waals surface area contributed by atoms with Crippen molar-refractivity contribution < 1.29 is 4.79 Å². The molecule has 0 aliphatic carbocycles. The van der Waals surface area contributed by atoms with Gasteiger partial charge in [-0.15, -0.1) is 0 Å². The van der Waals surface area contributed by atoms with Crippen LogP contribution in [0.1, 0.15) is 24.0 Å². The zero-order valence-corrected chi connectivity index (χ0v) is 14.8. The van der Waals surface area contributed by atoms with Crippen molar-refractivity contribution in [3.63, 3.8) is 0 Å². The topological polar surface area (TPSA) is 46.3 Å². The minimum atomic E-state index is 0.152. The zero-order chi connectivity index (χ0) is 17.5. The van der Waals surface area contributed by atoms with Gasteiger partial charge in [0.15, 0.2) is 0 Å². The second-order valence-electron chi connectivity index (χ2n) is 7.15. The Morgan fingerprint density at radius 3 is 2.12 bits per heavy atom. The van der Waals surface area contributed by atoms with Crippen molar-refractivity contribution in [2.24, 2.45) is 11.7 Å². The number of hydrogen-bond acceptors (Lipinski definition) is 3. The van der Waals surface area contributed by atoms with E-state index in [0.717, 1.165) is 44.5 Å². The first-order chi connectivity index (χ1) is 12.2. The van der Waals surface area contributed by atoms with Crippen LogP contribution in [0, 0.1) is 5.92 Å². The second kappa shape index (κ2) is 8.93. The van der Waals surface area contributed by atoms with Crippen molar-refractivity contribution in [1.29, 1.82) is 0 Å². The van der Waals surface area contributed by atoms with Gasteiger partial charge in [0.1, 0.15) is 5.78 Å². The number of nitrogens with zero attached hydrogens (tertiary/aromatic N) is 1. The molecule has 1 atom stereocenters. The molecule has 0 amide bonds. The van der Waals surface area contributed by atoms with E-state index in [9.17, 15) is 4.79 Å². The first-order valence-electron chi connectivity index (χ1n) is 9.29. The number of ketones is 1. The molecule has 0 radical (unpaired) electrons.